The summed E-state index contributed by atoms with van der Waals surface area (Å²) in [6.45, 7) is 7.66. The van der Waals surface area contributed by atoms with Gasteiger partial charge in [-0.2, -0.15) is 0 Å². The summed E-state index contributed by atoms with van der Waals surface area (Å²) >= 11 is 0. The minimum absolute atomic E-state index is 0.0516. The molecular weight excluding hydrogens is 408 g/mol. The molecule has 0 radical (unpaired) electrons. The van der Waals surface area contributed by atoms with Crippen LogP contribution in [0.2, 0.25) is 0 Å². The van der Waals surface area contributed by atoms with Crippen molar-refractivity contribution >= 4 is 23.5 Å². The Morgan fingerprint density at radius 1 is 1.22 bits per heavy atom. The molecule has 4 aliphatic carbocycles. The zero-order valence-corrected chi connectivity index (χ0v) is 19.8. The number of ether oxygens (including phenoxy) is 2. The van der Waals surface area contributed by atoms with Crippen LogP contribution < -0.4 is 0 Å². The topological polar surface area (TPSA) is 86.7 Å². The van der Waals surface area contributed by atoms with Crippen LogP contribution in [-0.2, 0) is 23.9 Å². The van der Waals surface area contributed by atoms with E-state index >= 15 is 0 Å². The van der Waals surface area contributed by atoms with Gasteiger partial charge in [-0.25, -0.2) is 4.79 Å². The molecule has 0 bridgehead atoms. The van der Waals surface area contributed by atoms with Crippen molar-refractivity contribution in [3.8, 4) is 0 Å². The maximum Gasteiger partial charge on any atom is 0.508 e. The van der Waals surface area contributed by atoms with Crippen molar-refractivity contribution in [2.75, 3.05) is 6.61 Å². The molecule has 6 heteroatoms. The van der Waals surface area contributed by atoms with Gasteiger partial charge in [0.15, 0.2) is 12.4 Å². The molecule has 7 atom stereocenters. The highest BCUT2D eigenvalue weighted by Crippen LogP contribution is 2.65. The fraction of sp³-hybridized carbons (Fsp3) is 0.769. The van der Waals surface area contributed by atoms with E-state index in [1.807, 2.05) is 6.92 Å². The summed E-state index contributed by atoms with van der Waals surface area (Å²) < 4.78 is 10.2. The van der Waals surface area contributed by atoms with E-state index in [-0.39, 0.29) is 53.2 Å². The first-order valence-electron chi connectivity index (χ1n) is 12.2. The summed E-state index contributed by atoms with van der Waals surface area (Å²) in [7, 11) is 0. The van der Waals surface area contributed by atoms with Crippen molar-refractivity contribution in [1.82, 2.24) is 0 Å². The number of ketones is 3. The zero-order chi connectivity index (χ0) is 23.3. The van der Waals surface area contributed by atoms with Crippen molar-refractivity contribution in [3.05, 3.63) is 11.6 Å². The van der Waals surface area contributed by atoms with E-state index in [9.17, 15) is 19.2 Å². The molecule has 0 N–H and O–H groups in total. The van der Waals surface area contributed by atoms with Gasteiger partial charge in [0.1, 0.15) is 17.7 Å². The summed E-state index contributed by atoms with van der Waals surface area (Å²) in [4.78, 5) is 50.5. The molecule has 176 valence electrons. The van der Waals surface area contributed by atoms with E-state index in [1.165, 1.54) is 0 Å². The fourth-order valence-electron chi connectivity index (χ4n) is 7.35. The third kappa shape index (κ3) is 3.73. The van der Waals surface area contributed by atoms with Gasteiger partial charge >= 0.3 is 6.16 Å². The summed E-state index contributed by atoms with van der Waals surface area (Å²) in [5.41, 5.74) is 0.539. The second-order valence-electron chi connectivity index (χ2n) is 11.0. The number of fused-ring (bicyclic) bond motifs is 5. The van der Waals surface area contributed by atoms with Gasteiger partial charge < -0.3 is 9.47 Å². The van der Waals surface area contributed by atoms with Gasteiger partial charge in [-0.05, 0) is 61.7 Å². The second kappa shape index (κ2) is 8.42. The maximum absolute atomic E-state index is 13.6. The molecule has 32 heavy (non-hydrogen) atoms. The van der Waals surface area contributed by atoms with Gasteiger partial charge in [-0.3, -0.25) is 14.4 Å². The van der Waals surface area contributed by atoms with Gasteiger partial charge in [-0.15, -0.1) is 0 Å². The van der Waals surface area contributed by atoms with E-state index in [1.54, 1.807) is 6.92 Å². The Kier molecular flexibility index (Phi) is 6.10. The Balaban J connectivity index is 1.49. The van der Waals surface area contributed by atoms with Crippen LogP contribution in [0.15, 0.2) is 11.6 Å². The quantitative estimate of drug-likeness (QED) is 0.446. The number of carbonyl (C=O) groups excluding carboxylic acids is 4. The van der Waals surface area contributed by atoms with Crippen LogP contribution in [0.4, 0.5) is 4.79 Å². The molecule has 0 spiro atoms. The standard InChI is InChI=1S/C26H36O6/c1-5-15(2)32-24(30)31-14-22(29)20-9-8-19-18-7-6-16-12-17(27)10-11-25(16,3)23(18)21(28)13-26(19,20)4/h6,15,18-20,23H,5,7-14H2,1-4H3. The monoisotopic (exact) mass is 444 g/mol. The van der Waals surface area contributed by atoms with Gasteiger partial charge in [0.25, 0.3) is 0 Å². The van der Waals surface area contributed by atoms with E-state index in [0.29, 0.717) is 31.6 Å². The van der Waals surface area contributed by atoms with E-state index in [0.717, 1.165) is 31.3 Å². The molecule has 0 heterocycles. The third-order valence-corrected chi connectivity index (χ3v) is 9.22. The molecule has 3 saturated carbocycles. The smallest absolute Gasteiger partial charge is 0.431 e. The van der Waals surface area contributed by atoms with Gasteiger partial charge in [0.2, 0.25) is 0 Å². The molecule has 0 amide bonds. The SMILES string of the molecule is CCC(C)OC(=O)OCC(=O)C1CCC2C3CC=C4CC(=O)CCC4(C)C3C(=O)CC12C. The third-order valence-electron chi connectivity index (χ3n) is 9.22. The summed E-state index contributed by atoms with van der Waals surface area (Å²) in [6, 6.07) is 0. The normalized spacial score (nSPS) is 39.3. The molecule has 4 rings (SSSR count). The number of hydrogen-bond acceptors (Lipinski definition) is 6. The van der Waals surface area contributed by atoms with Crippen molar-refractivity contribution in [1.29, 1.82) is 0 Å². The predicted molar refractivity (Wildman–Crippen MR) is 118 cm³/mol. The Bertz CT molecular complexity index is 858. The summed E-state index contributed by atoms with van der Waals surface area (Å²) in [6.07, 6.45) is 6.48. The lowest BCUT2D eigenvalue weighted by atomic mass is 9.47. The minimum atomic E-state index is -0.808. The summed E-state index contributed by atoms with van der Waals surface area (Å²) in [5, 5.41) is 0. The molecule has 0 aromatic heterocycles. The second-order valence-corrected chi connectivity index (χ2v) is 11.0. The lowest BCUT2D eigenvalue weighted by Gasteiger charge is -2.56. The highest BCUT2D eigenvalue weighted by molar-refractivity contribution is 5.90. The minimum Gasteiger partial charge on any atom is -0.431 e. The zero-order valence-electron chi connectivity index (χ0n) is 19.8. The Hall–Kier alpha value is -1.98. The molecule has 0 aromatic rings. The van der Waals surface area contributed by atoms with Crippen LogP contribution >= 0.6 is 0 Å². The highest BCUT2D eigenvalue weighted by atomic mass is 16.7. The van der Waals surface area contributed by atoms with Crippen LogP contribution in [0.1, 0.15) is 79.1 Å². The van der Waals surface area contributed by atoms with Crippen molar-refractivity contribution in [2.45, 2.75) is 85.2 Å². The molecule has 0 aromatic carbocycles. The first-order chi connectivity index (χ1) is 15.1. The number of hydrogen-bond donors (Lipinski definition) is 0. The predicted octanol–water partition coefficient (Wildman–Crippen LogP) is 4.83. The summed E-state index contributed by atoms with van der Waals surface area (Å²) in [5.74, 6) is 0.593. The van der Waals surface area contributed by atoms with Crippen molar-refractivity contribution in [2.24, 2.45) is 34.5 Å². The number of allylic oxidation sites excluding steroid dienone is 2. The number of rotatable bonds is 5. The number of Topliss-reactive ketones (excluding diaryl/α,β-unsaturated/α-hetero) is 3. The van der Waals surface area contributed by atoms with Crippen LogP contribution in [-0.4, -0.2) is 36.2 Å². The Labute approximate surface area is 190 Å². The fourth-order valence-corrected chi connectivity index (χ4v) is 7.35. The average Bonchev–Trinajstić information content (AvgIpc) is 3.08. The van der Waals surface area contributed by atoms with Crippen LogP contribution in [0.5, 0.6) is 0 Å². The lowest BCUT2D eigenvalue weighted by Crippen LogP contribution is -2.55. The average molecular weight is 445 g/mol. The van der Waals surface area contributed by atoms with Gasteiger partial charge in [0.05, 0.1) is 0 Å². The number of carbonyl (C=O) groups is 4. The van der Waals surface area contributed by atoms with E-state index in [4.69, 9.17) is 9.47 Å². The first kappa shape index (κ1) is 23.2. The van der Waals surface area contributed by atoms with Crippen LogP contribution in [0, 0.1) is 34.5 Å². The molecule has 6 nitrogen and oxygen atoms in total. The Morgan fingerprint density at radius 2 is 1.97 bits per heavy atom. The molecule has 0 aliphatic heterocycles. The largest absolute Gasteiger partial charge is 0.508 e. The van der Waals surface area contributed by atoms with Crippen molar-refractivity contribution in [3.63, 3.8) is 0 Å². The van der Waals surface area contributed by atoms with E-state index < -0.39 is 11.6 Å². The molecule has 4 aliphatic rings. The van der Waals surface area contributed by atoms with Gasteiger partial charge in [-0.1, -0.05) is 32.4 Å². The van der Waals surface area contributed by atoms with Crippen molar-refractivity contribution < 1.29 is 28.7 Å². The Morgan fingerprint density at radius 3 is 2.69 bits per heavy atom. The molecule has 3 fully saturated rings. The highest BCUT2D eigenvalue weighted by Gasteiger charge is 2.62. The van der Waals surface area contributed by atoms with E-state index in [2.05, 4.69) is 19.9 Å². The molecular formula is C26H36O6. The van der Waals surface area contributed by atoms with Crippen LogP contribution in [0.25, 0.3) is 0 Å². The van der Waals surface area contributed by atoms with Crippen LogP contribution in [0.3, 0.4) is 0 Å². The van der Waals surface area contributed by atoms with Gasteiger partial charge in [0, 0.05) is 31.1 Å². The maximum atomic E-state index is 13.6. The first-order valence-corrected chi connectivity index (χ1v) is 12.2. The lowest BCUT2D eigenvalue weighted by molar-refractivity contribution is -0.148. The molecule has 0 saturated heterocycles. The molecule has 7 unspecified atom stereocenters.